The van der Waals surface area contributed by atoms with Crippen LogP contribution in [0.15, 0.2) is 109 Å². The van der Waals surface area contributed by atoms with Gasteiger partial charge < -0.3 is 10.0 Å². The third kappa shape index (κ3) is 4.90. The Morgan fingerprint density at radius 2 is 1.16 bits per heavy atom. The smallest absolute Gasteiger partial charge is 0.328 e. The second-order valence-electron chi connectivity index (χ2n) is 7.35. The van der Waals surface area contributed by atoms with Gasteiger partial charge in [-0.2, -0.15) is 0 Å². The van der Waals surface area contributed by atoms with Crippen LogP contribution in [0.4, 0.5) is 17.1 Å². The molecule has 0 saturated carbocycles. The molecule has 3 nitrogen and oxygen atoms in total. The lowest BCUT2D eigenvalue weighted by molar-refractivity contribution is -0.131. The highest BCUT2D eigenvalue weighted by Gasteiger charge is 2.12. The molecular formula is C28H23NO2. The van der Waals surface area contributed by atoms with Crippen molar-refractivity contribution in [2.45, 2.75) is 6.92 Å². The number of carboxylic acid groups (broad SMARTS) is 1. The van der Waals surface area contributed by atoms with Gasteiger partial charge in [-0.15, -0.1) is 0 Å². The first-order valence-corrected chi connectivity index (χ1v) is 10.1. The Hall–Kier alpha value is -4.11. The molecule has 4 rings (SSSR count). The maximum absolute atomic E-state index is 10.8. The van der Waals surface area contributed by atoms with E-state index < -0.39 is 5.97 Å². The number of nitrogens with zero attached hydrogens (tertiary/aromatic N) is 1. The van der Waals surface area contributed by atoms with Crippen molar-refractivity contribution in [2.24, 2.45) is 0 Å². The highest BCUT2D eigenvalue weighted by Crippen LogP contribution is 2.35. The topological polar surface area (TPSA) is 40.5 Å². The van der Waals surface area contributed by atoms with Crippen LogP contribution in [0.5, 0.6) is 0 Å². The van der Waals surface area contributed by atoms with Crippen LogP contribution in [0, 0.1) is 6.92 Å². The summed E-state index contributed by atoms with van der Waals surface area (Å²) in [5.74, 6) is -0.955. The van der Waals surface area contributed by atoms with Gasteiger partial charge in [-0.05, 0) is 66.1 Å². The maximum atomic E-state index is 10.8. The molecule has 0 aliphatic rings. The number of rotatable bonds is 6. The van der Waals surface area contributed by atoms with Crippen molar-refractivity contribution in [1.29, 1.82) is 0 Å². The summed E-state index contributed by atoms with van der Waals surface area (Å²) in [5.41, 5.74) is 7.56. The molecule has 1 N–H and O–H groups in total. The lowest BCUT2D eigenvalue weighted by atomic mass is 10.0. The van der Waals surface area contributed by atoms with Gasteiger partial charge in [0.15, 0.2) is 0 Å². The van der Waals surface area contributed by atoms with Gasteiger partial charge in [-0.3, -0.25) is 0 Å². The molecule has 0 heterocycles. The monoisotopic (exact) mass is 405 g/mol. The Balaban J connectivity index is 1.69. The second-order valence-corrected chi connectivity index (χ2v) is 7.35. The van der Waals surface area contributed by atoms with Crippen LogP contribution in [-0.2, 0) is 4.79 Å². The number of hydrogen-bond donors (Lipinski definition) is 1. The largest absolute Gasteiger partial charge is 0.478 e. The highest BCUT2D eigenvalue weighted by molar-refractivity contribution is 5.85. The van der Waals surface area contributed by atoms with Crippen molar-refractivity contribution in [1.82, 2.24) is 0 Å². The molecule has 0 aliphatic heterocycles. The summed E-state index contributed by atoms with van der Waals surface area (Å²) < 4.78 is 0. The fourth-order valence-electron chi connectivity index (χ4n) is 3.48. The van der Waals surface area contributed by atoms with E-state index in [1.165, 1.54) is 16.7 Å². The molecule has 0 fully saturated rings. The number of carboxylic acids is 1. The van der Waals surface area contributed by atoms with Crippen molar-refractivity contribution in [3.05, 3.63) is 120 Å². The number of aliphatic carboxylic acids is 1. The van der Waals surface area contributed by atoms with Crippen LogP contribution in [0.2, 0.25) is 0 Å². The van der Waals surface area contributed by atoms with Gasteiger partial charge in [-0.25, -0.2) is 4.79 Å². The maximum Gasteiger partial charge on any atom is 0.328 e. The van der Waals surface area contributed by atoms with Gasteiger partial charge in [0.1, 0.15) is 0 Å². The number of para-hydroxylation sites is 1. The fourth-order valence-corrected chi connectivity index (χ4v) is 3.48. The van der Waals surface area contributed by atoms with E-state index >= 15 is 0 Å². The molecule has 4 aromatic rings. The Bertz CT molecular complexity index is 1180. The third-order valence-electron chi connectivity index (χ3n) is 5.09. The molecule has 0 aromatic heterocycles. The van der Waals surface area contributed by atoms with Crippen LogP contribution in [-0.4, -0.2) is 11.1 Å². The summed E-state index contributed by atoms with van der Waals surface area (Å²) in [4.78, 5) is 13.0. The molecule has 31 heavy (non-hydrogen) atoms. The van der Waals surface area contributed by atoms with Gasteiger partial charge in [0.05, 0.1) is 0 Å². The van der Waals surface area contributed by atoms with Crippen LogP contribution < -0.4 is 4.90 Å². The van der Waals surface area contributed by atoms with Gasteiger partial charge in [0.25, 0.3) is 0 Å². The van der Waals surface area contributed by atoms with Gasteiger partial charge >= 0.3 is 5.97 Å². The van der Waals surface area contributed by atoms with Gasteiger partial charge in [-0.1, -0.05) is 72.3 Å². The Kier molecular flexibility index (Phi) is 5.95. The summed E-state index contributed by atoms with van der Waals surface area (Å²) in [6.45, 7) is 2.09. The molecule has 152 valence electrons. The fraction of sp³-hybridized carbons (Fsp3) is 0.0357. The first-order chi connectivity index (χ1) is 15.1. The molecular weight excluding hydrogens is 382 g/mol. The quantitative estimate of drug-likeness (QED) is 0.344. The predicted octanol–water partition coefficient (Wildman–Crippen LogP) is 7.23. The summed E-state index contributed by atoms with van der Waals surface area (Å²) in [5, 5.41) is 8.84. The van der Waals surface area contributed by atoms with Crippen molar-refractivity contribution < 1.29 is 9.90 Å². The van der Waals surface area contributed by atoms with E-state index in [4.69, 9.17) is 5.11 Å². The molecule has 4 aromatic carbocycles. The number of benzene rings is 4. The minimum atomic E-state index is -0.955. The molecule has 3 heteroatoms. The number of carbonyl (C=O) groups is 1. The first kappa shape index (κ1) is 20.2. The zero-order valence-electron chi connectivity index (χ0n) is 17.3. The molecule has 0 bridgehead atoms. The van der Waals surface area contributed by atoms with Crippen LogP contribution >= 0.6 is 0 Å². The molecule has 0 amide bonds. The SMILES string of the molecule is Cc1ccc(-c2ccc(N(c3ccccc3)c3ccc(/C=C/C(=O)O)cc3)cc2)cc1. The minimum Gasteiger partial charge on any atom is -0.478 e. The van der Waals surface area contributed by atoms with E-state index in [1.54, 1.807) is 6.08 Å². The zero-order valence-corrected chi connectivity index (χ0v) is 17.3. The summed E-state index contributed by atoms with van der Waals surface area (Å²) in [6, 6.07) is 35.1. The number of hydrogen-bond acceptors (Lipinski definition) is 2. The average Bonchev–Trinajstić information content (AvgIpc) is 2.80. The number of aryl methyl sites for hydroxylation is 1. The van der Waals surface area contributed by atoms with E-state index in [9.17, 15) is 4.79 Å². The van der Waals surface area contributed by atoms with Crippen molar-refractivity contribution >= 4 is 29.1 Å². The number of anilines is 3. The summed E-state index contributed by atoms with van der Waals surface area (Å²) in [6.07, 6.45) is 2.74. The average molecular weight is 405 g/mol. The van der Waals surface area contributed by atoms with Crippen molar-refractivity contribution in [3.63, 3.8) is 0 Å². The van der Waals surface area contributed by atoms with E-state index in [1.807, 2.05) is 42.5 Å². The Morgan fingerprint density at radius 1 is 0.677 bits per heavy atom. The normalized spacial score (nSPS) is 10.9. The Morgan fingerprint density at radius 3 is 1.71 bits per heavy atom. The van der Waals surface area contributed by atoms with Gasteiger partial charge in [0.2, 0.25) is 0 Å². The summed E-state index contributed by atoms with van der Waals surface area (Å²) in [7, 11) is 0. The van der Waals surface area contributed by atoms with Gasteiger partial charge in [0, 0.05) is 23.1 Å². The van der Waals surface area contributed by atoms with Crippen molar-refractivity contribution in [2.75, 3.05) is 4.90 Å². The van der Waals surface area contributed by atoms with E-state index in [0.717, 1.165) is 28.7 Å². The minimum absolute atomic E-state index is 0.842. The van der Waals surface area contributed by atoms with E-state index in [-0.39, 0.29) is 0 Å². The van der Waals surface area contributed by atoms with Crippen LogP contribution in [0.3, 0.4) is 0 Å². The second kappa shape index (κ2) is 9.14. The lowest BCUT2D eigenvalue weighted by Gasteiger charge is -2.25. The third-order valence-corrected chi connectivity index (χ3v) is 5.09. The van der Waals surface area contributed by atoms with Crippen LogP contribution in [0.1, 0.15) is 11.1 Å². The molecule has 0 atom stereocenters. The van der Waals surface area contributed by atoms with E-state index in [0.29, 0.717) is 0 Å². The van der Waals surface area contributed by atoms with E-state index in [2.05, 4.69) is 72.5 Å². The highest BCUT2D eigenvalue weighted by atomic mass is 16.4. The molecule has 0 radical (unpaired) electrons. The standard InChI is InChI=1S/C28H23NO2/c1-21-7-12-23(13-8-21)24-14-18-27(19-15-24)29(25-5-3-2-4-6-25)26-16-9-22(10-17-26)11-20-28(30)31/h2-20H,1H3,(H,30,31)/b20-11+. The summed E-state index contributed by atoms with van der Waals surface area (Å²) >= 11 is 0. The molecule has 0 unspecified atom stereocenters. The zero-order chi connectivity index (χ0) is 21.6. The predicted molar refractivity (Wildman–Crippen MR) is 128 cm³/mol. The molecule has 0 saturated heterocycles. The van der Waals surface area contributed by atoms with Crippen LogP contribution in [0.25, 0.3) is 17.2 Å². The lowest BCUT2D eigenvalue weighted by Crippen LogP contribution is -2.09. The molecule has 0 spiro atoms. The first-order valence-electron chi connectivity index (χ1n) is 10.1. The molecule has 0 aliphatic carbocycles. The Labute approximate surface area is 182 Å². The van der Waals surface area contributed by atoms with Crippen molar-refractivity contribution in [3.8, 4) is 11.1 Å².